The van der Waals surface area contributed by atoms with E-state index in [1.54, 1.807) is 0 Å². The van der Waals surface area contributed by atoms with Crippen molar-refractivity contribution in [2.45, 2.75) is 45.1 Å². The fourth-order valence-electron chi connectivity index (χ4n) is 3.00. The molecule has 1 aliphatic heterocycles. The van der Waals surface area contributed by atoms with Crippen LogP contribution in [-0.4, -0.2) is 37.1 Å². The maximum absolute atomic E-state index is 3.67. The maximum atomic E-state index is 3.67. The topological polar surface area (TPSA) is 15.3 Å². The van der Waals surface area contributed by atoms with Gasteiger partial charge in [0, 0.05) is 19.1 Å². The lowest BCUT2D eigenvalue weighted by Gasteiger charge is -2.27. The molecule has 1 saturated heterocycles. The molecule has 0 saturated carbocycles. The van der Waals surface area contributed by atoms with Gasteiger partial charge >= 0.3 is 0 Å². The highest BCUT2D eigenvalue weighted by Crippen LogP contribution is 2.15. The summed E-state index contributed by atoms with van der Waals surface area (Å²) in [5.74, 6) is 0.595. The summed E-state index contributed by atoms with van der Waals surface area (Å²) in [5.41, 5.74) is 1.43. The molecule has 0 aromatic heterocycles. The van der Waals surface area contributed by atoms with Crippen LogP contribution in [0.5, 0.6) is 0 Å². The molecule has 2 atom stereocenters. The van der Waals surface area contributed by atoms with Gasteiger partial charge in [-0.3, -0.25) is 4.90 Å². The Morgan fingerprint density at radius 1 is 1.11 bits per heavy atom. The lowest BCUT2D eigenvalue weighted by Crippen LogP contribution is -2.41. The lowest BCUT2D eigenvalue weighted by atomic mass is 10.0. The van der Waals surface area contributed by atoms with E-state index in [0.717, 1.165) is 19.1 Å². The molecule has 1 aromatic rings. The summed E-state index contributed by atoms with van der Waals surface area (Å²) in [5, 5.41) is 3.67. The second kappa shape index (κ2) is 7.66. The van der Waals surface area contributed by atoms with Gasteiger partial charge in [0.2, 0.25) is 0 Å². The second-order valence-electron chi connectivity index (χ2n) is 5.78. The van der Waals surface area contributed by atoms with Crippen LogP contribution in [0.4, 0.5) is 0 Å². The van der Waals surface area contributed by atoms with E-state index in [2.05, 4.69) is 54.4 Å². The molecular weight excluding hydrogens is 232 g/mol. The summed E-state index contributed by atoms with van der Waals surface area (Å²) in [4.78, 5) is 2.65. The minimum absolute atomic E-state index is 0.595. The van der Waals surface area contributed by atoms with E-state index in [9.17, 15) is 0 Å². The largest absolute Gasteiger partial charge is 0.315 e. The van der Waals surface area contributed by atoms with Crippen molar-refractivity contribution >= 4 is 0 Å². The van der Waals surface area contributed by atoms with Gasteiger partial charge in [-0.1, -0.05) is 44.2 Å². The fourth-order valence-corrected chi connectivity index (χ4v) is 3.00. The Balaban J connectivity index is 1.73. The molecule has 2 rings (SSSR count). The summed E-state index contributed by atoms with van der Waals surface area (Å²) in [6.45, 7) is 9.43. The monoisotopic (exact) mass is 260 g/mol. The normalized spacial score (nSPS) is 19.5. The van der Waals surface area contributed by atoms with Crippen LogP contribution in [0.1, 0.15) is 44.6 Å². The highest BCUT2D eigenvalue weighted by molar-refractivity contribution is 5.18. The summed E-state index contributed by atoms with van der Waals surface area (Å²) < 4.78 is 0. The van der Waals surface area contributed by atoms with Gasteiger partial charge in [0.05, 0.1) is 0 Å². The molecule has 0 amide bonds. The van der Waals surface area contributed by atoms with Crippen molar-refractivity contribution in [2.24, 2.45) is 0 Å². The van der Waals surface area contributed by atoms with Gasteiger partial charge in [0.25, 0.3) is 0 Å². The Morgan fingerprint density at radius 2 is 1.79 bits per heavy atom. The Labute approximate surface area is 118 Å². The van der Waals surface area contributed by atoms with Crippen molar-refractivity contribution < 1.29 is 0 Å². The minimum atomic E-state index is 0.595. The van der Waals surface area contributed by atoms with Gasteiger partial charge in [0.15, 0.2) is 0 Å². The molecule has 19 heavy (non-hydrogen) atoms. The molecule has 2 heteroatoms. The quantitative estimate of drug-likeness (QED) is 0.809. The molecule has 0 radical (unpaired) electrons. The van der Waals surface area contributed by atoms with E-state index < -0.39 is 0 Å². The number of likely N-dealkylation sites (tertiary alicyclic amines) is 1. The van der Waals surface area contributed by atoms with Crippen LogP contribution >= 0.6 is 0 Å². The molecule has 1 fully saturated rings. The summed E-state index contributed by atoms with van der Waals surface area (Å²) in [6.07, 6.45) is 4.03. The predicted molar refractivity (Wildman–Crippen MR) is 82.6 cm³/mol. The average Bonchev–Trinajstić information content (AvgIpc) is 2.98. The van der Waals surface area contributed by atoms with E-state index >= 15 is 0 Å². The molecule has 106 valence electrons. The summed E-state index contributed by atoms with van der Waals surface area (Å²) in [6, 6.07) is 11.5. The van der Waals surface area contributed by atoms with Crippen molar-refractivity contribution in [3.05, 3.63) is 35.9 Å². The molecule has 2 unspecified atom stereocenters. The second-order valence-corrected chi connectivity index (χ2v) is 5.78. The SMILES string of the molecule is CCC(CNCC(C)c1ccccc1)N1CCCC1. The van der Waals surface area contributed by atoms with Gasteiger partial charge in [-0.2, -0.15) is 0 Å². The number of hydrogen-bond donors (Lipinski definition) is 1. The summed E-state index contributed by atoms with van der Waals surface area (Å²) >= 11 is 0. The molecule has 0 spiro atoms. The zero-order valence-corrected chi connectivity index (χ0v) is 12.4. The number of benzene rings is 1. The average molecular weight is 260 g/mol. The van der Waals surface area contributed by atoms with Crippen LogP contribution < -0.4 is 5.32 Å². The van der Waals surface area contributed by atoms with Gasteiger partial charge < -0.3 is 5.32 Å². The van der Waals surface area contributed by atoms with Gasteiger partial charge in [0.1, 0.15) is 0 Å². The minimum Gasteiger partial charge on any atom is -0.315 e. The van der Waals surface area contributed by atoms with E-state index in [1.807, 2.05) is 0 Å². The molecular formula is C17H28N2. The first kappa shape index (κ1) is 14.5. The van der Waals surface area contributed by atoms with Crippen molar-refractivity contribution in [1.29, 1.82) is 0 Å². The molecule has 0 aliphatic carbocycles. The van der Waals surface area contributed by atoms with Gasteiger partial charge in [-0.25, -0.2) is 0 Å². The van der Waals surface area contributed by atoms with Crippen LogP contribution in [0.2, 0.25) is 0 Å². The van der Waals surface area contributed by atoms with E-state index in [1.165, 1.54) is 37.9 Å². The van der Waals surface area contributed by atoms with Crippen molar-refractivity contribution in [2.75, 3.05) is 26.2 Å². The first-order valence-corrected chi connectivity index (χ1v) is 7.81. The van der Waals surface area contributed by atoms with Crippen molar-refractivity contribution in [1.82, 2.24) is 10.2 Å². The fraction of sp³-hybridized carbons (Fsp3) is 0.647. The van der Waals surface area contributed by atoms with Crippen LogP contribution in [0, 0.1) is 0 Å². The zero-order chi connectivity index (χ0) is 13.5. The zero-order valence-electron chi connectivity index (χ0n) is 12.4. The molecule has 0 bridgehead atoms. The van der Waals surface area contributed by atoms with Gasteiger partial charge in [-0.05, 0) is 43.8 Å². The van der Waals surface area contributed by atoms with Crippen LogP contribution in [0.15, 0.2) is 30.3 Å². The van der Waals surface area contributed by atoms with Crippen molar-refractivity contribution in [3.8, 4) is 0 Å². The number of nitrogens with one attached hydrogen (secondary N) is 1. The Bertz CT molecular complexity index is 344. The Kier molecular flexibility index (Phi) is 5.87. The van der Waals surface area contributed by atoms with Crippen LogP contribution in [0.3, 0.4) is 0 Å². The molecule has 1 aromatic carbocycles. The summed E-state index contributed by atoms with van der Waals surface area (Å²) in [7, 11) is 0. The number of hydrogen-bond acceptors (Lipinski definition) is 2. The lowest BCUT2D eigenvalue weighted by molar-refractivity contribution is 0.229. The highest BCUT2D eigenvalue weighted by atomic mass is 15.2. The number of nitrogens with zero attached hydrogens (tertiary/aromatic N) is 1. The third-order valence-electron chi connectivity index (χ3n) is 4.33. The van der Waals surface area contributed by atoms with Crippen LogP contribution in [0.25, 0.3) is 0 Å². The van der Waals surface area contributed by atoms with Gasteiger partial charge in [-0.15, -0.1) is 0 Å². The third kappa shape index (κ3) is 4.32. The van der Waals surface area contributed by atoms with Crippen molar-refractivity contribution in [3.63, 3.8) is 0 Å². The van der Waals surface area contributed by atoms with E-state index in [4.69, 9.17) is 0 Å². The first-order valence-electron chi connectivity index (χ1n) is 7.81. The molecule has 1 aliphatic rings. The predicted octanol–water partition coefficient (Wildman–Crippen LogP) is 3.25. The Hall–Kier alpha value is -0.860. The standard InChI is InChI=1S/C17H28N2/c1-3-17(19-11-7-8-12-19)14-18-13-15(2)16-9-5-4-6-10-16/h4-6,9-10,15,17-18H,3,7-8,11-14H2,1-2H3. The number of rotatable bonds is 7. The molecule has 1 heterocycles. The molecule has 2 nitrogen and oxygen atoms in total. The van der Waals surface area contributed by atoms with E-state index in [0.29, 0.717) is 5.92 Å². The smallest absolute Gasteiger partial charge is 0.0218 e. The first-order chi connectivity index (χ1) is 9.31. The third-order valence-corrected chi connectivity index (χ3v) is 4.33. The molecule has 1 N–H and O–H groups in total. The Morgan fingerprint density at radius 3 is 2.42 bits per heavy atom. The maximum Gasteiger partial charge on any atom is 0.0218 e. The van der Waals surface area contributed by atoms with Crippen LogP contribution in [-0.2, 0) is 0 Å². The van der Waals surface area contributed by atoms with E-state index in [-0.39, 0.29) is 0 Å². The highest BCUT2D eigenvalue weighted by Gasteiger charge is 2.19.